The molecule has 7 heteroatoms. The number of fused-ring (bicyclic) bond motifs is 1. The van der Waals surface area contributed by atoms with E-state index >= 15 is 0 Å². The fourth-order valence-electron chi connectivity index (χ4n) is 3.36. The molecule has 24 heavy (non-hydrogen) atoms. The van der Waals surface area contributed by atoms with Crippen LogP contribution in [0.3, 0.4) is 0 Å². The normalized spacial score (nSPS) is 22.6. The summed E-state index contributed by atoms with van der Waals surface area (Å²) < 4.78 is 27.6. The second-order valence-electron chi connectivity index (χ2n) is 6.28. The van der Waals surface area contributed by atoms with Crippen LogP contribution in [0.1, 0.15) is 25.3 Å². The zero-order valence-corrected chi connectivity index (χ0v) is 14.5. The first-order valence-electron chi connectivity index (χ1n) is 7.92. The predicted octanol–water partition coefficient (Wildman–Crippen LogP) is 2.42. The molecule has 0 bridgehead atoms. The summed E-state index contributed by atoms with van der Waals surface area (Å²) in [6.07, 6.45) is 2.67. The molecular weight excluding hydrogens is 328 g/mol. The second kappa shape index (κ2) is 6.14. The van der Waals surface area contributed by atoms with Gasteiger partial charge in [-0.2, -0.15) is 4.31 Å². The van der Waals surface area contributed by atoms with Crippen molar-refractivity contribution in [1.82, 2.24) is 9.29 Å². The van der Waals surface area contributed by atoms with Crippen LogP contribution in [0.25, 0.3) is 10.9 Å². The molecule has 1 fully saturated rings. The van der Waals surface area contributed by atoms with Gasteiger partial charge in [0.15, 0.2) is 0 Å². The maximum Gasteiger partial charge on any atom is 0.308 e. The van der Waals surface area contributed by atoms with Gasteiger partial charge in [-0.05, 0) is 44.4 Å². The van der Waals surface area contributed by atoms with Gasteiger partial charge in [0.1, 0.15) is 4.90 Å². The molecule has 1 aliphatic rings. The summed E-state index contributed by atoms with van der Waals surface area (Å²) in [4.78, 5) is 15.8. The quantitative estimate of drug-likeness (QED) is 0.920. The van der Waals surface area contributed by atoms with Crippen LogP contribution in [0, 0.1) is 12.8 Å². The van der Waals surface area contributed by atoms with E-state index in [9.17, 15) is 18.3 Å². The molecule has 2 atom stereocenters. The van der Waals surface area contributed by atoms with Crippen LogP contribution < -0.4 is 0 Å². The number of aromatic nitrogens is 1. The Hall–Kier alpha value is -1.99. The smallest absolute Gasteiger partial charge is 0.308 e. The van der Waals surface area contributed by atoms with Crippen molar-refractivity contribution in [2.45, 2.75) is 37.6 Å². The summed E-state index contributed by atoms with van der Waals surface area (Å²) in [5.41, 5.74) is 1.38. The Balaban J connectivity index is 2.09. The Morgan fingerprint density at radius 1 is 1.38 bits per heavy atom. The van der Waals surface area contributed by atoms with E-state index in [2.05, 4.69) is 4.98 Å². The third-order valence-corrected chi connectivity index (χ3v) is 6.66. The summed E-state index contributed by atoms with van der Waals surface area (Å²) in [5, 5.41) is 10.1. The first kappa shape index (κ1) is 16.9. The molecule has 1 aromatic carbocycles. The number of para-hydroxylation sites is 1. The number of sulfonamides is 1. The van der Waals surface area contributed by atoms with Gasteiger partial charge in [-0.15, -0.1) is 0 Å². The number of hydrogen-bond acceptors (Lipinski definition) is 4. The number of nitrogens with zero attached hydrogens (tertiary/aromatic N) is 2. The number of hydrogen-bond donors (Lipinski definition) is 1. The van der Waals surface area contributed by atoms with Crippen LogP contribution in [0.15, 0.2) is 35.4 Å². The van der Waals surface area contributed by atoms with E-state index < -0.39 is 28.0 Å². The van der Waals surface area contributed by atoms with Gasteiger partial charge in [0, 0.05) is 24.2 Å². The average molecular weight is 348 g/mol. The van der Waals surface area contributed by atoms with Gasteiger partial charge in [-0.1, -0.05) is 12.1 Å². The van der Waals surface area contributed by atoms with Crippen LogP contribution in [-0.4, -0.2) is 41.4 Å². The van der Waals surface area contributed by atoms with Crippen molar-refractivity contribution in [2.24, 2.45) is 5.92 Å². The van der Waals surface area contributed by atoms with Crippen molar-refractivity contribution in [1.29, 1.82) is 0 Å². The highest BCUT2D eigenvalue weighted by Gasteiger charge is 2.40. The molecule has 3 rings (SSSR count). The number of carboxylic acid groups (broad SMARTS) is 1. The van der Waals surface area contributed by atoms with Crippen molar-refractivity contribution in [3.8, 4) is 0 Å². The van der Waals surface area contributed by atoms with Crippen molar-refractivity contribution in [3.63, 3.8) is 0 Å². The minimum absolute atomic E-state index is 0.137. The maximum atomic E-state index is 13.2. The van der Waals surface area contributed by atoms with Crippen LogP contribution in [0.4, 0.5) is 0 Å². The number of carbonyl (C=O) groups is 1. The summed E-state index contributed by atoms with van der Waals surface area (Å²) in [5.74, 6) is -1.63. The molecule has 2 heterocycles. The van der Waals surface area contributed by atoms with Gasteiger partial charge in [0.25, 0.3) is 0 Å². The molecule has 0 radical (unpaired) electrons. The van der Waals surface area contributed by atoms with Crippen LogP contribution in [0.2, 0.25) is 0 Å². The number of benzene rings is 1. The van der Waals surface area contributed by atoms with Crippen molar-refractivity contribution in [2.75, 3.05) is 6.54 Å². The van der Waals surface area contributed by atoms with Crippen molar-refractivity contribution < 1.29 is 18.3 Å². The lowest BCUT2D eigenvalue weighted by Gasteiger charge is -2.36. The van der Waals surface area contributed by atoms with Crippen LogP contribution in [-0.2, 0) is 14.8 Å². The van der Waals surface area contributed by atoms with Gasteiger partial charge in [0.2, 0.25) is 10.0 Å². The molecule has 1 aliphatic heterocycles. The van der Waals surface area contributed by atoms with Gasteiger partial charge in [-0.3, -0.25) is 9.78 Å². The van der Waals surface area contributed by atoms with Gasteiger partial charge in [-0.25, -0.2) is 8.42 Å². The standard InChI is InChI=1S/C17H20N2O4S/c1-11-9-13-5-3-7-15(16(13)18-10-11)24(22,23)19-8-4-6-14(12(19)2)17(20)21/h3,5,7,9-10,12,14H,4,6,8H2,1-2H3,(H,20,21)/t12-,14-/m1/s1. The van der Waals surface area contributed by atoms with E-state index in [-0.39, 0.29) is 4.90 Å². The van der Waals surface area contributed by atoms with E-state index in [1.165, 1.54) is 10.4 Å². The largest absolute Gasteiger partial charge is 0.481 e. The number of aryl methyl sites for hydroxylation is 1. The monoisotopic (exact) mass is 348 g/mol. The molecule has 0 spiro atoms. The molecule has 1 N–H and O–H groups in total. The Morgan fingerprint density at radius 3 is 2.83 bits per heavy atom. The van der Waals surface area contributed by atoms with E-state index in [4.69, 9.17) is 0 Å². The zero-order chi connectivity index (χ0) is 17.5. The molecule has 1 saturated heterocycles. The number of rotatable bonds is 3. The molecule has 0 amide bonds. The predicted molar refractivity (Wildman–Crippen MR) is 90.2 cm³/mol. The molecule has 0 unspecified atom stereocenters. The van der Waals surface area contributed by atoms with Gasteiger partial charge in [0.05, 0.1) is 11.4 Å². The highest BCUT2D eigenvalue weighted by atomic mass is 32.2. The topological polar surface area (TPSA) is 87.6 Å². The Bertz CT molecular complexity index is 895. The van der Waals surface area contributed by atoms with Crippen LogP contribution in [0.5, 0.6) is 0 Å². The molecule has 6 nitrogen and oxygen atoms in total. The SMILES string of the molecule is Cc1cnc2c(S(=O)(=O)N3CCC[C@@H](C(=O)O)[C@H]3C)cccc2c1. The van der Waals surface area contributed by atoms with Gasteiger partial charge >= 0.3 is 5.97 Å². The highest BCUT2D eigenvalue weighted by molar-refractivity contribution is 7.89. The van der Waals surface area contributed by atoms with Crippen LogP contribution >= 0.6 is 0 Å². The summed E-state index contributed by atoms with van der Waals surface area (Å²) in [6, 6.07) is 6.37. The Kier molecular flexibility index (Phi) is 4.31. The Morgan fingerprint density at radius 2 is 2.12 bits per heavy atom. The molecule has 1 aromatic heterocycles. The number of carboxylic acids is 1. The lowest BCUT2D eigenvalue weighted by molar-refractivity contribution is -0.144. The molecule has 128 valence electrons. The second-order valence-corrected chi connectivity index (χ2v) is 8.14. The lowest BCUT2D eigenvalue weighted by atomic mass is 9.92. The van der Waals surface area contributed by atoms with E-state index in [0.29, 0.717) is 24.9 Å². The Labute approximate surface area is 141 Å². The van der Waals surface area contributed by atoms with Gasteiger partial charge < -0.3 is 5.11 Å². The fourth-order valence-corrected chi connectivity index (χ4v) is 5.23. The van der Waals surface area contributed by atoms with E-state index in [0.717, 1.165) is 10.9 Å². The first-order valence-corrected chi connectivity index (χ1v) is 9.36. The first-order chi connectivity index (χ1) is 11.3. The summed E-state index contributed by atoms with van der Waals surface area (Å²) in [7, 11) is -3.81. The molecule has 2 aromatic rings. The lowest BCUT2D eigenvalue weighted by Crippen LogP contribution is -2.49. The van der Waals surface area contributed by atoms with E-state index in [1.807, 2.05) is 19.1 Å². The molecule has 0 aliphatic carbocycles. The highest BCUT2D eigenvalue weighted by Crippen LogP contribution is 2.31. The molecular formula is C17H20N2O4S. The van der Waals surface area contributed by atoms with E-state index in [1.54, 1.807) is 19.2 Å². The van der Waals surface area contributed by atoms with Crippen molar-refractivity contribution in [3.05, 3.63) is 36.0 Å². The number of aliphatic carboxylic acids is 1. The third kappa shape index (κ3) is 2.78. The minimum Gasteiger partial charge on any atom is -0.481 e. The van der Waals surface area contributed by atoms with Crippen molar-refractivity contribution >= 4 is 26.9 Å². The fraction of sp³-hybridized carbons (Fsp3) is 0.412. The number of piperidine rings is 1. The zero-order valence-electron chi connectivity index (χ0n) is 13.6. The minimum atomic E-state index is -3.81. The third-order valence-electron chi connectivity index (χ3n) is 4.64. The summed E-state index contributed by atoms with van der Waals surface area (Å²) in [6.45, 7) is 3.89. The average Bonchev–Trinajstić information content (AvgIpc) is 2.53. The maximum absolute atomic E-state index is 13.2. The summed E-state index contributed by atoms with van der Waals surface area (Å²) >= 11 is 0. The molecule has 0 saturated carbocycles. The number of pyridine rings is 1.